The Morgan fingerprint density at radius 2 is 1.85 bits per heavy atom. The van der Waals surface area contributed by atoms with E-state index in [0.717, 1.165) is 34.7 Å². The number of carbonyl (C=O) groups is 2. The molecule has 0 atom stereocenters. The molecule has 2 amide bonds. The molecule has 0 bridgehead atoms. The molecule has 7 heteroatoms. The number of thiocarbonyl (C=S) groups is 1. The molecule has 33 heavy (non-hydrogen) atoms. The van der Waals surface area contributed by atoms with Gasteiger partial charge in [-0.15, -0.1) is 0 Å². The van der Waals surface area contributed by atoms with Crippen molar-refractivity contribution in [3.63, 3.8) is 0 Å². The minimum Gasteiger partial charge on any atom is -0.362 e. The van der Waals surface area contributed by atoms with Crippen LogP contribution in [-0.2, 0) is 9.59 Å². The number of benzene rings is 2. The van der Waals surface area contributed by atoms with Gasteiger partial charge in [0.2, 0.25) is 0 Å². The standard InChI is InChI=1S/C26H26FN3O2S/c1-5-12-29-21-11-10-17(13-18(21)16(2)15-26(29,3)4)14-19-23(31)28-25(33)30(24(19)32)22-9-7-6-8-20(22)27/h6-11,13-15H,5,12H2,1-4H3,(H,28,31,33)/b19-14-. The van der Waals surface area contributed by atoms with Crippen LogP contribution in [-0.4, -0.2) is 29.0 Å². The van der Waals surface area contributed by atoms with Gasteiger partial charge in [-0.25, -0.2) is 9.29 Å². The molecule has 0 spiro atoms. The Labute approximate surface area is 198 Å². The van der Waals surface area contributed by atoms with Gasteiger partial charge in [0.25, 0.3) is 11.8 Å². The molecule has 4 rings (SSSR count). The molecule has 0 saturated carbocycles. The van der Waals surface area contributed by atoms with E-state index >= 15 is 0 Å². The first-order chi connectivity index (χ1) is 15.6. The van der Waals surface area contributed by atoms with Crippen LogP contribution in [0.3, 0.4) is 0 Å². The van der Waals surface area contributed by atoms with Crippen molar-refractivity contribution in [1.29, 1.82) is 0 Å². The van der Waals surface area contributed by atoms with Gasteiger partial charge >= 0.3 is 0 Å². The van der Waals surface area contributed by atoms with E-state index in [2.05, 4.69) is 44.0 Å². The summed E-state index contributed by atoms with van der Waals surface area (Å²) in [5, 5.41) is 2.36. The molecule has 2 aromatic rings. The molecular formula is C26H26FN3O2S. The summed E-state index contributed by atoms with van der Waals surface area (Å²) in [5.41, 5.74) is 3.81. The lowest BCUT2D eigenvalue weighted by Gasteiger charge is -2.43. The van der Waals surface area contributed by atoms with Crippen LogP contribution in [0.5, 0.6) is 0 Å². The topological polar surface area (TPSA) is 52.7 Å². The first kappa shape index (κ1) is 22.9. The summed E-state index contributed by atoms with van der Waals surface area (Å²) in [7, 11) is 0. The van der Waals surface area contributed by atoms with Crippen LogP contribution in [0, 0.1) is 5.82 Å². The van der Waals surface area contributed by atoms with Crippen LogP contribution in [0.15, 0.2) is 54.1 Å². The van der Waals surface area contributed by atoms with Gasteiger partial charge in [-0.1, -0.05) is 31.2 Å². The van der Waals surface area contributed by atoms with E-state index in [4.69, 9.17) is 12.2 Å². The van der Waals surface area contributed by atoms with Crippen molar-refractivity contribution >= 4 is 52.2 Å². The van der Waals surface area contributed by atoms with Crippen LogP contribution in [0.2, 0.25) is 0 Å². The Kier molecular flexibility index (Phi) is 5.93. The number of anilines is 2. The minimum atomic E-state index is -0.660. The normalized spacial score (nSPS) is 18.9. The maximum atomic E-state index is 14.4. The molecule has 2 aliphatic rings. The highest BCUT2D eigenvalue weighted by Crippen LogP contribution is 2.39. The van der Waals surface area contributed by atoms with E-state index < -0.39 is 17.6 Å². The predicted molar refractivity (Wildman–Crippen MR) is 134 cm³/mol. The van der Waals surface area contributed by atoms with Gasteiger partial charge in [0.1, 0.15) is 11.4 Å². The second kappa shape index (κ2) is 8.56. The van der Waals surface area contributed by atoms with Crippen LogP contribution < -0.4 is 15.1 Å². The van der Waals surface area contributed by atoms with Crippen molar-refractivity contribution in [3.8, 4) is 0 Å². The number of para-hydroxylation sites is 1. The summed E-state index contributed by atoms with van der Waals surface area (Å²) in [6.07, 6.45) is 4.78. The minimum absolute atomic E-state index is 0.0000533. The van der Waals surface area contributed by atoms with E-state index in [9.17, 15) is 14.0 Å². The summed E-state index contributed by atoms with van der Waals surface area (Å²) >= 11 is 5.16. The number of amides is 2. The van der Waals surface area contributed by atoms with Crippen molar-refractivity contribution in [2.75, 3.05) is 16.3 Å². The summed E-state index contributed by atoms with van der Waals surface area (Å²) in [6.45, 7) is 9.52. The Hall–Kier alpha value is -3.32. The third-order valence-electron chi connectivity index (χ3n) is 5.95. The Morgan fingerprint density at radius 1 is 1.12 bits per heavy atom. The zero-order chi connectivity index (χ0) is 23.9. The fourth-order valence-electron chi connectivity index (χ4n) is 4.50. The zero-order valence-electron chi connectivity index (χ0n) is 19.1. The van der Waals surface area contributed by atoms with Gasteiger partial charge in [0, 0.05) is 17.8 Å². The third-order valence-corrected chi connectivity index (χ3v) is 6.24. The molecule has 1 N–H and O–H groups in total. The van der Waals surface area contributed by atoms with E-state index in [1.807, 2.05) is 18.2 Å². The molecule has 0 unspecified atom stereocenters. The zero-order valence-corrected chi connectivity index (χ0v) is 19.9. The molecule has 2 aromatic carbocycles. The van der Waals surface area contributed by atoms with Crippen LogP contribution in [0.1, 0.15) is 45.2 Å². The van der Waals surface area contributed by atoms with Gasteiger partial charge < -0.3 is 4.90 Å². The number of nitrogens with zero attached hydrogens (tertiary/aromatic N) is 2. The summed E-state index contributed by atoms with van der Waals surface area (Å²) < 4.78 is 14.4. The summed E-state index contributed by atoms with van der Waals surface area (Å²) in [6, 6.07) is 11.7. The monoisotopic (exact) mass is 463 g/mol. The summed E-state index contributed by atoms with van der Waals surface area (Å²) in [5.74, 6) is -1.86. The first-order valence-corrected chi connectivity index (χ1v) is 11.3. The van der Waals surface area contributed by atoms with Gasteiger partial charge in [0.05, 0.1) is 11.2 Å². The number of allylic oxidation sites excluding steroid dienone is 1. The Balaban J connectivity index is 1.75. The smallest absolute Gasteiger partial charge is 0.270 e. The molecule has 170 valence electrons. The number of fused-ring (bicyclic) bond motifs is 1. The van der Waals surface area contributed by atoms with Crippen molar-refractivity contribution in [3.05, 3.63) is 71.1 Å². The molecule has 0 radical (unpaired) electrons. The van der Waals surface area contributed by atoms with Crippen molar-refractivity contribution in [1.82, 2.24) is 5.32 Å². The van der Waals surface area contributed by atoms with Crippen molar-refractivity contribution in [2.45, 2.75) is 39.7 Å². The van der Waals surface area contributed by atoms with Crippen molar-refractivity contribution < 1.29 is 14.0 Å². The lowest BCUT2D eigenvalue weighted by atomic mass is 9.87. The summed E-state index contributed by atoms with van der Waals surface area (Å²) in [4.78, 5) is 29.2. The number of carbonyl (C=O) groups excluding carboxylic acids is 2. The second-order valence-electron chi connectivity index (χ2n) is 8.82. The molecule has 2 aliphatic heterocycles. The van der Waals surface area contributed by atoms with E-state index in [0.29, 0.717) is 5.56 Å². The van der Waals surface area contributed by atoms with Crippen LogP contribution in [0.25, 0.3) is 11.6 Å². The van der Waals surface area contributed by atoms with E-state index in [1.54, 1.807) is 6.07 Å². The lowest BCUT2D eigenvalue weighted by molar-refractivity contribution is -0.122. The third kappa shape index (κ3) is 4.09. The largest absolute Gasteiger partial charge is 0.362 e. The molecule has 1 saturated heterocycles. The van der Waals surface area contributed by atoms with Gasteiger partial charge in [-0.2, -0.15) is 0 Å². The van der Waals surface area contributed by atoms with Gasteiger partial charge in [0.15, 0.2) is 5.11 Å². The average Bonchev–Trinajstić information content (AvgIpc) is 2.75. The molecule has 2 heterocycles. The molecular weight excluding hydrogens is 437 g/mol. The van der Waals surface area contributed by atoms with Crippen LogP contribution in [0.4, 0.5) is 15.8 Å². The SMILES string of the molecule is CCCN1c2ccc(/C=C3/C(=O)NC(=S)N(c4ccccc4F)C3=O)cc2C(C)=CC1(C)C. The predicted octanol–water partition coefficient (Wildman–Crippen LogP) is 5.07. The average molecular weight is 464 g/mol. The Morgan fingerprint density at radius 3 is 2.55 bits per heavy atom. The number of hydrogen-bond donors (Lipinski definition) is 1. The van der Waals surface area contributed by atoms with Gasteiger partial charge in [-0.3, -0.25) is 14.9 Å². The number of nitrogens with one attached hydrogen (secondary N) is 1. The highest BCUT2D eigenvalue weighted by atomic mass is 32.1. The first-order valence-electron chi connectivity index (χ1n) is 10.9. The van der Waals surface area contributed by atoms with Crippen LogP contribution >= 0.6 is 12.2 Å². The highest BCUT2D eigenvalue weighted by molar-refractivity contribution is 7.80. The van der Waals surface area contributed by atoms with E-state index in [-0.39, 0.29) is 21.9 Å². The maximum absolute atomic E-state index is 14.4. The fraction of sp³-hybridized carbons (Fsp3) is 0.269. The lowest BCUT2D eigenvalue weighted by Crippen LogP contribution is -2.54. The Bertz CT molecular complexity index is 1230. The van der Waals surface area contributed by atoms with E-state index in [1.165, 1.54) is 24.3 Å². The molecule has 0 aliphatic carbocycles. The molecule has 0 aromatic heterocycles. The second-order valence-corrected chi connectivity index (χ2v) is 9.21. The number of rotatable bonds is 4. The molecule has 5 nitrogen and oxygen atoms in total. The number of hydrogen-bond acceptors (Lipinski definition) is 4. The quantitative estimate of drug-likeness (QED) is 0.391. The fourth-order valence-corrected chi connectivity index (χ4v) is 4.77. The van der Waals surface area contributed by atoms with Crippen molar-refractivity contribution in [2.24, 2.45) is 0 Å². The maximum Gasteiger partial charge on any atom is 0.270 e. The highest BCUT2D eigenvalue weighted by Gasteiger charge is 2.36. The molecule has 1 fully saturated rings. The van der Waals surface area contributed by atoms with Gasteiger partial charge in [-0.05, 0) is 80.9 Å². The number of halogens is 1.